The number of ketones is 1. The van der Waals surface area contributed by atoms with Crippen molar-refractivity contribution in [1.29, 1.82) is 0 Å². The molecule has 1 aliphatic carbocycles. The molecule has 0 N–H and O–H groups in total. The van der Waals surface area contributed by atoms with Crippen molar-refractivity contribution in [2.75, 3.05) is 20.1 Å². The second-order valence-corrected chi connectivity index (χ2v) is 8.36. The first-order valence-corrected chi connectivity index (χ1v) is 10.2. The Bertz CT molecular complexity index is 1030. The highest BCUT2D eigenvalue weighted by Gasteiger charge is 2.29. The van der Waals surface area contributed by atoms with Gasteiger partial charge in [-0.2, -0.15) is 0 Å². The summed E-state index contributed by atoms with van der Waals surface area (Å²) in [5, 5.41) is 0. The van der Waals surface area contributed by atoms with E-state index < -0.39 is 0 Å². The number of aliphatic imine (C=N–C) groups is 1. The van der Waals surface area contributed by atoms with Crippen LogP contribution in [0, 0.1) is 12.8 Å². The molecule has 0 saturated carbocycles. The molecule has 4 heteroatoms. The first-order chi connectivity index (χ1) is 13.6. The highest BCUT2D eigenvalue weighted by Crippen LogP contribution is 2.34. The Morgan fingerprint density at radius 1 is 1.18 bits per heavy atom. The van der Waals surface area contributed by atoms with Crippen LogP contribution in [0.1, 0.15) is 46.4 Å². The van der Waals surface area contributed by atoms with E-state index in [4.69, 9.17) is 4.99 Å². The molecule has 142 valence electrons. The molecule has 5 rings (SSSR count). The van der Waals surface area contributed by atoms with Crippen molar-refractivity contribution in [3.63, 3.8) is 0 Å². The number of hydrogen-bond donors (Lipinski definition) is 0. The summed E-state index contributed by atoms with van der Waals surface area (Å²) in [5.74, 6) is 0.667. The maximum absolute atomic E-state index is 12.9. The predicted octanol–water partition coefficient (Wildman–Crippen LogP) is 3.59. The van der Waals surface area contributed by atoms with E-state index in [1.807, 2.05) is 19.2 Å². The van der Waals surface area contributed by atoms with Gasteiger partial charge in [0.15, 0.2) is 5.78 Å². The van der Waals surface area contributed by atoms with Crippen LogP contribution in [-0.4, -0.2) is 41.5 Å². The Labute approximate surface area is 166 Å². The Kier molecular flexibility index (Phi) is 4.24. The van der Waals surface area contributed by atoms with Gasteiger partial charge in [-0.1, -0.05) is 6.07 Å². The number of carbonyl (C=O) groups excluding carboxylic acids is 1. The molecule has 0 bridgehead atoms. The zero-order valence-electron chi connectivity index (χ0n) is 16.5. The van der Waals surface area contributed by atoms with E-state index >= 15 is 0 Å². The van der Waals surface area contributed by atoms with Gasteiger partial charge in [-0.05, 0) is 74.3 Å². The van der Waals surface area contributed by atoms with Gasteiger partial charge in [0.05, 0.1) is 12.3 Å². The van der Waals surface area contributed by atoms with Gasteiger partial charge in [-0.15, -0.1) is 0 Å². The van der Waals surface area contributed by atoms with Crippen LogP contribution >= 0.6 is 0 Å². The van der Waals surface area contributed by atoms with Gasteiger partial charge in [-0.25, -0.2) is 0 Å². The number of rotatable bonds is 2. The standard InChI is InChI=1S/C24H25N3O/c1-15-8-16(5-6-25-15)24-22-11-19-10-21(17-4-3-7-27(2)14-17)23(28)12-18(19)9-20(22)13-26-24/h5-6,8-11,17H,3-4,7,12-14H2,1-2H3. The van der Waals surface area contributed by atoms with Crippen LogP contribution in [0.25, 0.3) is 6.08 Å². The molecule has 1 aromatic heterocycles. The molecule has 4 nitrogen and oxygen atoms in total. The monoisotopic (exact) mass is 371 g/mol. The third kappa shape index (κ3) is 3.02. The fourth-order valence-electron chi connectivity index (χ4n) is 4.83. The Balaban J connectivity index is 1.53. The van der Waals surface area contributed by atoms with Gasteiger partial charge < -0.3 is 4.90 Å². The van der Waals surface area contributed by atoms with Gasteiger partial charge in [0.1, 0.15) is 0 Å². The lowest BCUT2D eigenvalue weighted by molar-refractivity contribution is -0.115. The van der Waals surface area contributed by atoms with Crippen molar-refractivity contribution in [1.82, 2.24) is 9.88 Å². The van der Waals surface area contributed by atoms with Gasteiger partial charge in [0, 0.05) is 47.5 Å². The number of nitrogens with zero attached hydrogens (tertiary/aromatic N) is 3. The number of Topliss-reactive ketones (excluding diaryl/α,β-unsaturated/α-hetero) is 1. The third-order valence-corrected chi connectivity index (χ3v) is 6.25. The Morgan fingerprint density at radius 3 is 2.89 bits per heavy atom. The summed E-state index contributed by atoms with van der Waals surface area (Å²) >= 11 is 0. The van der Waals surface area contributed by atoms with E-state index in [-0.39, 0.29) is 0 Å². The number of piperidine rings is 1. The SMILES string of the molecule is Cc1cc(C2=NCc3cc4c(cc32)C=C(C2CCCN(C)C2)C(=O)C4)ccn1. The average Bonchev–Trinajstić information content (AvgIpc) is 3.08. The maximum Gasteiger partial charge on any atom is 0.163 e. The van der Waals surface area contributed by atoms with E-state index in [1.165, 1.54) is 23.1 Å². The highest BCUT2D eigenvalue weighted by atomic mass is 16.1. The number of fused-ring (bicyclic) bond motifs is 2. The van der Waals surface area contributed by atoms with Crippen molar-refractivity contribution in [3.05, 3.63) is 69.5 Å². The molecular weight excluding hydrogens is 346 g/mol. The molecule has 1 aromatic carbocycles. The lowest BCUT2D eigenvalue weighted by atomic mass is 9.80. The summed E-state index contributed by atoms with van der Waals surface area (Å²) < 4.78 is 0. The number of benzene rings is 1. The second-order valence-electron chi connectivity index (χ2n) is 8.36. The van der Waals surface area contributed by atoms with Crippen LogP contribution in [0.4, 0.5) is 0 Å². The van der Waals surface area contributed by atoms with Crippen LogP contribution in [-0.2, 0) is 17.8 Å². The average molecular weight is 371 g/mol. The Hall–Kier alpha value is -2.59. The molecule has 1 saturated heterocycles. The van der Waals surface area contributed by atoms with Crippen LogP contribution < -0.4 is 0 Å². The lowest BCUT2D eigenvalue weighted by Crippen LogP contribution is -2.35. The summed E-state index contributed by atoms with van der Waals surface area (Å²) in [6.45, 7) is 4.82. The smallest absolute Gasteiger partial charge is 0.163 e. The molecule has 0 amide bonds. The molecule has 1 atom stereocenters. The molecule has 1 fully saturated rings. The van der Waals surface area contributed by atoms with Crippen molar-refractivity contribution < 1.29 is 4.79 Å². The van der Waals surface area contributed by atoms with E-state index in [9.17, 15) is 4.79 Å². The number of aromatic nitrogens is 1. The molecule has 0 spiro atoms. The first-order valence-electron chi connectivity index (χ1n) is 10.2. The second kappa shape index (κ2) is 6.78. The van der Waals surface area contributed by atoms with Gasteiger partial charge in [0.2, 0.25) is 0 Å². The fraction of sp³-hybridized carbons (Fsp3) is 0.375. The highest BCUT2D eigenvalue weighted by molar-refractivity contribution is 6.16. The maximum atomic E-state index is 12.9. The largest absolute Gasteiger partial charge is 0.306 e. The zero-order valence-corrected chi connectivity index (χ0v) is 16.5. The van der Waals surface area contributed by atoms with Gasteiger partial charge in [0.25, 0.3) is 0 Å². The summed E-state index contributed by atoms with van der Waals surface area (Å²) in [5.41, 5.74) is 8.97. The molecular formula is C24H25N3O. The number of pyridine rings is 1. The van der Waals surface area contributed by atoms with Gasteiger partial charge >= 0.3 is 0 Å². The number of hydrogen-bond acceptors (Lipinski definition) is 4. The third-order valence-electron chi connectivity index (χ3n) is 6.25. The van der Waals surface area contributed by atoms with Crippen LogP contribution in [0.15, 0.2) is 41.0 Å². The molecule has 1 unspecified atom stereocenters. The molecule has 3 heterocycles. The Morgan fingerprint density at radius 2 is 2.07 bits per heavy atom. The van der Waals surface area contributed by atoms with Crippen molar-refractivity contribution in [3.8, 4) is 0 Å². The molecule has 3 aliphatic rings. The topological polar surface area (TPSA) is 45.6 Å². The fourth-order valence-corrected chi connectivity index (χ4v) is 4.83. The number of carbonyl (C=O) groups is 1. The van der Waals surface area contributed by atoms with Crippen LogP contribution in [0.5, 0.6) is 0 Å². The lowest BCUT2D eigenvalue weighted by Gasteiger charge is -2.32. The van der Waals surface area contributed by atoms with E-state index in [0.29, 0.717) is 24.7 Å². The first kappa shape index (κ1) is 17.5. The molecule has 2 aromatic rings. The van der Waals surface area contributed by atoms with Crippen molar-refractivity contribution >= 4 is 17.6 Å². The van der Waals surface area contributed by atoms with E-state index in [1.54, 1.807) is 0 Å². The number of likely N-dealkylation sites (tertiary alicyclic amines) is 1. The summed E-state index contributed by atoms with van der Waals surface area (Å²) in [6.07, 6.45) is 6.82. The van der Waals surface area contributed by atoms with Gasteiger partial charge in [-0.3, -0.25) is 14.8 Å². The van der Waals surface area contributed by atoms with E-state index in [0.717, 1.165) is 47.6 Å². The van der Waals surface area contributed by atoms with Crippen LogP contribution in [0.2, 0.25) is 0 Å². The quantitative estimate of drug-likeness (QED) is 0.810. The minimum Gasteiger partial charge on any atom is -0.306 e. The van der Waals surface area contributed by atoms with Crippen molar-refractivity contribution in [2.45, 2.75) is 32.7 Å². The normalized spacial score (nSPS) is 21.8. The van der Waals surface area contributed by atoms with Crippen LogP contribution in [0.3, 0.4) is 0 Å². The number of aryl methyl sites for hydroxylation is 1. The molecule has 0 radical (unpaired) electrons. The minimum absolute atomic E-state index is 0.302. The van der Waals surface area contributed by atoms with Crippen molar-refractivity contribution in [2.24, 2.45) is 10.9 Å². The zero-order chi connectivity index (χ0) is 19.3. The summed E-state index contributed by atoms with van der Waals surface area (Å²) in [6, 6.07) is 8.58. The predicted molar refractivity (Wildman–Crippen MR) is 112 cm³/mol. The molecule has 2 aliphatic heterocycles. The molecule has 28 heavy (non-hydrogen) atoms. The van der Waals surface area contributed by atoms with E-state index in [2.05, 4.69) is 41.2 Å². The summed E-state index contributed by atoms with van der Waals surface area (Å²) in [4.78, 5) is 24.3. The minimum atomic E-state index is 0.302. The summed E-state index contributed by atoms with van der Waals surface area (Å²) in [7, 11) is 2.15.